The van der Waals surface area contributed by atoms with E-state index < -0.39 is 0 Å². The van der Waals surface area contributed by atoms with Crippen molar-refractivity contribution in [2.75, 3.05) is 0 Å². The van der Waals surface area contributed by atoms with Crippen LogP contribution < -0.4 is 10.1 Å². The van der Waals surface area contributed by atoms with E-state index in [4.69, 9.17) is 4.74 Å². The quantitative estimate of drug-likeness (QED) is 0.554. The van der Waals surface area contributed by atoms with Crippen LogP contribution in [-0.4, -0.2) is 15.3 Å². The summed E-state index contributed by atoms with van der Waals surface area (Å²) in [4.78, 5) is 17.0. The minimum absolute atomic E-state index is 0.121. The largest absolute Gasteiger partial charge is 0.489 e. The van der Waals surface area contributed by atoms with Crippen molar-refractivity contribution in [1.82, 2.24) is 14.7 Å². The SMILES string of the molecule is Cc1cccn2cc(CNC(=O)c3ccc(COc4ccccc4)cc3)nc12. The van der Waals surface area contributed by atoms with Crippen LogP contribution in [0.4, 0.5) is 0 Å². The first-order valence-corrected chi connectivity index (χ1v) is 9.17. The van der Waals surface area contributed by atoms with Gasteiger partial charge in [-0.25, -0.2) is 4.98 Å². The zero-order valence-electron chi connectivity index (χ0n) is 15.6. The number of nitrogens with one attached hydrogen (secondary N) is 1. The summed E-state index contributed by atoms with van der Waals surface area (Å²) < 4.78 is 7.70. The summed E-state index contributed by atoms with van der Waals surface area (Å²) in [6, 6.07) is 21.1. The first-order chi connectivity index (χ1) is 13.7. The third-order valence-corrected chi connectivity index (χ3v) is 4.52. The van der Waals surface area contributed by atoms with E-state index in [-0.39, 0.29) is 5.91 Å². The van der Waals surface area contributed by atoms with E-state index in [1.54, 1.807) is 0 Å². The molecule has 2 heterocycles. The molecule has 0 fully saturated rings. The van der Waals surface area contributed by atoms with Gasteiger partial charge in [0.05, 0.1) is 12.2 Å². The van der Waals surface area contributed by atoms with Gasteiger partial charge in [-0.05, 0) is 48.4 Å². The number of imidazole rings is 1. The highest BCUT2D eigenvalue weighted by Crippen LogP contribution is 2.13. The van der Waals surface area contributed by atoms with Gasteiger partial charge in [0.25, 0.3) is 5.91 Å². The Morgan fingerprint density at radius 3 is 2.57 bits per heavy atom. The number of benzene rings is 2. The van der Waals surface area contributed by atoms with Crippen molar-refractivity contribution in [3.05, 3.63) is 102 Å². The summed E-state index contributed by atoms with van der Waals surface area (Å²) in [6.07, 6.45) is 3.89. The normalized spacial score (nSPS) is 10.8. The van der Waals surface area contributed by atoms with E-state index in [2.05, 4.69) is 10.3 Å². The lowest BCUT2D eigenvalue weighted by Crippen LogP contribution is -2.22. The zero-order chi connectivity index (χ0) is 19.3. The van der Waals surface area contributed by atoms with Crippen LogP contribution in [0.3, 0.4) is 0 Å². The fourth-order valence-corrected chi connectivity index (χ4v) is 3.00. The number of carbonyl (C=O) groups is 1. The predicted octanol–water partition coefficient (Wildman–Crippen LogP) is 4.15. The molecular formula is C23H21N3O2. The molecule has 0 aliphatic carbocycles. The Morgan fingerprint density at radius 2 is 1.82 bits per heavy atom. The maximum absolute atomic E-state index is 12.4. The van der Waals surface area contributed by atoms with E-state index in [1.165, 1.54) is 0 Å². The average Bonchev–Trinajstić information content (AvgIpc) is 3.16. The van der Waals surface area contributed by atoms with E-state index in [0.717, 1.165) is 28.2 Å². The van der Waals surface area contributed by atoms with Crippen LogP contribution in [0.5, 0.6) is 5.75 Å². The molecule has 0 saturated heterocycles. The number of hydrogen-bond donors (Lipinski definition) is 1. The van der Waals surface area contributed by atoms with Gasteiger partial charge in [-0.2, -0.15) is 0 Å². The highest BCUT2D eigenvalue weighted by Gasteiger charge is 2.08. The van der Waals surface area contributed by atoms with Gasteiger partial charge < -0.3 is 14.5 Å². The number of nitrogens with zero attached hydrogens (tertiary/aromatic N) is 2. The Labute approximate surface area is 163 Å². The third-order valence-electron chi connectivity index (χ3n) is 4.52. The lowest BCUT2D eigenvalue weighted by atomic mass is 10.1. The van der Waals surface area contributed by atoms with Crippen molar-refractivity contribution in [2.45, 2.75) is 20.1 Å². The van der Waals surface area contributed by atoms with Crippen molar-refractivity contribution in [3.8, 4) is 5.75 Å². The monoisotopic (exact) mass is 371 g/mol. The van der Waals surface area contributed by atoms with E-state index in [1.807, 2.05) is 90.4 Å². The Morgan fingerprint density at radius 1 is 1.04 bits per heavy atom. The summed E-state index contributed by atoms with van der Waals surface area (Å²) in [5.41, 5.74) is 4.47. The number of hydrogen-bond acceptors (Lipinski definition) is 3. The first-order valence-electron chi connectivity index (χ1n) is 9.17. The van der Waals surface area contributed by atoms with Crippen molar-refractivity contribution >= 4 is 11.6 Å². The van der Waals surface area contributed by atoms with Crippen molar-refractivity contribution in [2.24, 2.45) is 0 Å². The number of ether oxygens (including phenoxy) is 1. The van der Waals surface area contributed by atoms with Crippen LogP contribution in [-0.2, 0) is 13.2 Å². The Balaban J connectivity index is 1.34. The lowest BCUT2D eigenvalue weighted by molar-refractivity contribution is 0.0950. The van der Waals surface area contributed by atoms with Gasteiger partial charge in [0.15, 0.2) is 0 Å². The second kappa shape index (κ2) is 7.96. The molecule has 0 radical (unpaired) electrons. The highest BCUT2D eigenvalue weighted by atomic mass is 16.5. The molecule has 0 bridgehead atoms. The lowest BCUT2D eigenvalue weighted by Gasteiger charge is -2.07. The molecule has 5 heteroatoms. The summed E-state index contributed by atoms with van der Waals surface area (Å²) in [5.74, 6) is 0.705. The molecule has 0 aliphatic heterocycles. The van der Waals surface area contributed by atoms with Crippen LogP contribution in [0.1, 0.15) is 27.2 Å². The molecule has 0 spiro atoms. The Hall–Kier alpha value is -3.60. The minimum Gasteiger partial charge on any atom is -0.489 e. The molecular weight excluding hydrogens is 350 g/mol. The molecule has 5 nitrogen and oxygen atoms in total. The number of aryl methyl sites for hydroxylation is 1. The third kappa shape index (κ3) is 4.04. The molecule has 2 aromatic heterocycles. The summed E-state index contributed by atoms with van der Waals surface area (Å²) >= 11 is 0. The topological polar surface area (TPSA) is 55.6 Å². The molecule has 0 saturated carbocycles. The molecule has 28 heavy (non-hydrogen) atoms. The molecule has 0 unspecified atom stereocenters. The van der Waals surface area contributed by atoms with Crippen LogP contribution in [0, 0.1) is 6.92 Å². The molecule has 1 amide bonds. The summed E-state index contributed by atoms with van der Waals surface area (Å²) in [6.45, 7) is 2.87. The van der Waals surface area contributed by atoms with E-state index in [9.17, 15) is 4.79 Å². The summed E-state index contributed by atoms with van der Waals surface area (Å²) in [7, 11) is 0. The van der Waals surface area contributed by atoms with Gasteiger partial charge in [-0.3, -0.25) is 4.79 Å². The molecule has 4 rings (SSSR count). The fraction of sp³-hybridized carbons (Fsp3) is 0.130. The van der Waals surface area contributed by atoms with Crippen molar-refractivity contribution in [1.29, 1.82) is 0 Å². The van der Waals surface area contributed by atoms with Gasteiger partial charge in [-0.15, -0.1) is 0 Å². The Kier molecular flexibility index (Phi) is 5.06. The fourth-order valence-electron chi connectivity index (χ4n) is 3.00. The van der Waals surface area contributed by atoms with E-state index >= 15 is 0 Å². The number of rotatable bonds is 6. The Bertz CT molecular complexity index is 1090. The smallest absolute Gasteiger partial charge is 0.251 e. The molecule has 4 aromatic rings. The van der Waals surface area contributed by atoms with Gasteiger partial charge >= 0.3 is 0 Å². The zero-order valence-corrected chi connectivity index (χ0v) is 15.6. The van der Waals surface area contributed by atoms with Gasteiger partial charge in [0, 0.05) is 18.0 Å². The average molecular weight is 371 g/mol. The molecule has 0 atom stereocenters. The van der Waals surface area contributed by atoms with Crippen molar-refractivity contribution in [3.63, 3.8) is 0 Å². The van der Waals surface area contributed by atoms with Crippen LogP contribution in [0.15, 0.2) is 79.1 Å². The minimum atomic E-state index is -0.121. The van der Waals surface area contributed by atoms with Gasteiger partial charge in [-0.1, -0.05) is 36.4 Å². The maximum atomic E-state index is 12.4. The van der Waals surface area contributed by atoms with Crippen LogP contribution in [0.2, 0.25) is 0 Å². The highest BCUT2D eigenvalue weighted by molar-refractivity contribution is 5.94. The number of aromatic nitrogens is 2. The number of amides is 1. The standard InChI is InChI=1S/C23H21N3O2/c1-17-6-5-13-26-15-20(25-22(17)26)14-24-23(27)19-11-9-18(10-12-19)16-28-21-7-3-2-4-8-21/h2-13,15H,14,16H2,1H3,(H,24,27). The first kappa shape index (κ1) is 17.8. The van der Waals surface area contributed by atoms with Crippen LogP contribution in [0.25, 0.3) is 5.65 Å². The number of pyridine rings is 1. The molecule has 0 aliphatic rings. The number of para-hydroxylation sites is 1. The summed E-state index contributed by atoms with van der Waals surface area (Å²) in [5, 5.41) is 2.93. The molecule has 1 N–H and O–H groups in total. The van der Waals surface area contributed by atoms with Crippen LogP contribution >= 0.6 is 0 Å². The van der Waals surface area contributed by atoms with Gasteiger partial charge in [0.1, 0.15) is 18.0 Å². The number of carbonyl (C=O) groups excluding carboxylic acids is 1. The molecule has 140 valence electrons. The second-order valence-corrected chi connectivity index (χ2v) is 6.64. The predicted molar refractivity (Wildman–Crippen MR) is 108 cm³/mol. The van der Waals surface area contributed by atoms with Gasteiger partial charge in [0.2, 0.25) is 0 Å². The van der Waals surface area contributed by atoms with E-state index in [0.29, 0.717) is 18.7 Å². The number of fused-ring (bicyclic) bond motifs is 1. The molecule has 2 aromatic carbocycles. The maximum Gasteiger partial charge on any atom is 0.251 e. The van der Waals surface area contributed by atoms with Crippen molar-refractivity contribution < 1.29 is 9.53 Å². The second-order valence-electron chi connectivity index (χ2n) is 6.64.